The maximum Gasteiger partial charge on any atom is 0.161 e. The van der Waals surface area contributed by atoms with E-state index in [9.17, 15) is 0 Å². The van der Waals surface area contributed by atoms with Gasteiger partial charge in [-0.05, 0) is 40.8 Å². The minimum absolute atomic E-state index is 0.668. The zero-order valence-corrected chi connectivity index (χ0v) is 26.6. The van der Waals surface area contributed by atoms with Crippen LogP contribution in [-0.4, -0.2) is 19.7 Å². The van der Waals surface area contributed by atoms with Gasteiger partial charge in [0.15, 0.2) is 5.82 Å². The van der Waals surface area contributed by atoms with Gasteiger partial charge < -0.3 is 0 Å². The molecule has 0 radical (unpaired) electrons. The van der Waals surface area contributed by atoms with Gasteiger partial charge in [-0.25, -0.2) is 14.6 Å². The van der Waals surface area contributed by atoms with Crippen molar-refractivity contribution in [2.45, 2.75) is 0 Å². The fourth-order valence-electron chi connectivity index (χ4n) is 6.75. The molecule has 0 aliphatic heterocycles. The summed E-state index contributed by atoms with van der Waals surface area (Å²) in [6, 6.07) is 63.0. The van der Waals surface area contributed by atoms with Crippen molar-refractivity contribution in [3.05, 3.63) is 182 Å². The fraction of sp³-hybridized carbons (Fsp3) is 0. The van der Waals surface area contributed by atoms with Crippen molar-refractivity contribution in [3.63, 3.8) is 0 Å². The number of para-hydroxylation sites is 1. The van der Waals surface area contributed by atoms with Crippen molar-refractivity contribution in [1.29, 1.82) is 0 Å². The second kappa shape index (κ2) is 12.2. The molecule has 49 heavy (non-hydrogen) atoms. The zero-order valence-electron chi connectivity index (χ0n) is 26.6. The molecule has 230 valence electrons. The highest BCUT2D eigenvalue weighted by molar-refractivity contribution is 6.20. The molecule has 0 amide bonds. The van der Waals surface area contributed by atoms with E-state index in [2.05, 4.69) is 162 Å². The Morgan fingerprint density at radius 2 is 0.898 bits per heavy atom. The molecule has 2 aromatic heterocycles. The molecule has 4 nitrogen and oxygen atoms in total. The first-order valence-electron chi connectivity index (χ1n) is 16.5. The van der Waals surface area contributed by atoms with Gasteiger partial charge in [0.25, 0.3) is 0 Å². The van der Waals surface area contributed by atoms with E-state index in [0.29, 0.717) is 5.82 Å². The van der Waals surface area contributed by atoms with Crippen LogP contribution in [-0.2, 0) is 0 Å². The Bertz CT molecular complexity index is 2500. The lowest BCUT2D eigenvalue weighted by atomic mass is 9.91. The maximum absolute atomic E-state index is 5.41. The van der Waals surface area contributed by atoms with Crippen molar-refractivity contribution in [1.82, 2.24) is 19.7 Å². The summed E-state index contributed by atoms with van der Waals surface area (Å²) in [7, 11) is 0. The molecule has 0 saturated carbocycles. The monoisotopic (exact) mass is 626 g/mol. The van der Waals surface area contributed by atoms with Crippen molar-refractivity contribution in [3.8, 4) is 62.0 Å². The van der Waals surface area contributed by atoms with Gasteiger partial charge in [-0.15, -0.1) is 0 Å². The lowest BCUT2D eigenvalue weighted by Gasteiger charge is -2.15. The van der Waals surface area contributed by atoms with Crippen LogP contribution in [0.25, 0.3) is 83.6 Å². The van der Waals surface area contributed by atoms with Gasteiger partial charge >= 0.3 is 0 Å². The lowest BCUT2D eigenvalue weighted by Crippen LogP contribution is -2.00. The van der Waals surface area contributed by atoms with E-state index in [0.717, 1.165) is 77.8 Å². The molecule has 0 fully saturated rings. The largest absolute Gasteiger partial charge is 0.232 e. The predicted molar refractivity (Wildman–Crippen MR) is 201 cm³/mol. The molecule has 0 bridgehead atoms. The molecule has 0 spiro atoms. The molecule has 0 atom stereocenters. The van der Waals surface area contributed by atoms with Crippen LogP contribution in [0.4, 0.5) is 0 Å². The van der Waals surface area contributed by atoms with Gasteiger partial charge in [-0.2, -0.15) is 5.10 Å². The van der Waals surface area contributed by atoms with E-state index in [4.69, 9.17) is 15.1 Å². The van der Waals surface area contributed by atoms with Gasteiger partial charge in [-0.1, -0.05) is 158 Å². The predicted octanol–water partition coefficient (Wildman–Crippen LogP) is 11.3. The van der Waals surface area contributed by atoms with E-state index in [1.165, 1.54) is 0 Å². The quantitative estimate of drug-likeness (QED) is 0.184. The number of hydrogen-bond donors (Lipinski definition) is 0. The first-order valence-corrected chi connectivity index (χ1v) is 16.5. The lowest BCUT2D eigenvalue weighted by molar-refractivity contribution is 0.918. The summed E-state index contributed by atoms with van der Waals surface area (Å²) in [5, 5.41) is 8.64. The number of rotatable bonds is 6. The van der Waals surface area contributed by atoms with E-state index in [1.807, 2.05) is 24.3 Å². The molecular formula is C45H30N4. The number of nitrogens with zero attached hydrogens (tertiary/aromatic N) is 4. The van der Waals surface area contributed by atoms with Crippen molar-refractivity contribution in [2.75, 3.05) is 0 Å². The van der Waals surface area contributed by atoms with Crippen LogP contribution >= 0.6 is 0 Å². The molecule has 0 N–H and O–H groups in total. The van der Waals surface area contributed by atoms with Crippen LogP contribution in [0.2, 0.25) is 0 Å². The van der Waals surface area contributed by atoms with Crippen LogP contribution < -0.4 is 0 Å². The fourth-order valence-corrected chi connectivity index (χ4v) is 6.75. The molecule has 9 rings (SSSR count). The highest BCUT2D eigenvalue weighted by Gasteiger charge is 2.24. The average molecular weight is 627 g/mol. The second-order valence-electron chi connectivity index (χ2n) is 12.1. The Morgan fingerprint density at radius 3 is 1.47 bits per heavy atom. The smallest absolute Gasteiger partial charge is 0.161 e. The summed E-state index contributed by atoms with van der Waals surface area (Å²) < 4.78 is 2.11. The molecular weight excluding hydrogens is 597 g/mol. The molecule has 2 heterocycles. The van der Waals surface area contributed by atoms with Crippen LogP contribution in [0.15, 0.2) is 182 Å². The summed E-state index contributed by atoms with van der Waals surface area (Å²) in [4.78, 5) is 10.5. The first-order chi connectivity index (χ1) is 24.3. The second-order valence-corrected chi connectivity index (χ2v) is 12.1. The topological polar surface area (TPSA) is 43.6 Å². The summed E-state index contributed by atoms with van der Waals surface area (Å²) in [6.07, 6.45) is 0. The molecule has 7 aromatic carbocycles. The molecule has 0 saturated heterocycles. The van der Waals surface area contributed by atoms with Crippen LogP contribution in [0.1, 0.15) is 0 Å². The Balaban J connectivity index is 1.43. The van der Waals surface area contributed by atoms with Gasteiger partial charge in [-0.3, -0.25) is 0 Å². The molecule has 4 heteroatoms. The van der Waals surface area contributed by atoms with Crippen LogP contribution in [0, 0.1) is 0 Å². The molecule has 0 aliphatic carbocycles. The van der Waals surface area contributed by atoms with E-state index < -0.39 is 0 Å². The minimum atomic E-state index is 0.668. The Hall–Kier alpha value is -6.65. The Kier molecular flexibility index (Phi) is 7.10. The summed E-state index contributed by atoms with van der Waals surface area (Å²) in [5.74, 6) is 0.668. The van der Waals surface area contributed by atoms with Gasteiger partial charge in [0.1, 0.15) is 5.69 Å². The average Bonchev–Trinajstić information content (AvgIpc) is 3.60. The normalized spacial score (nSPS) is 11.3. The number of fused-ring (bicyclic) bond motifs is 3. The van der Waals surface area contributed by atoms with Gasteiger partial charge in [0.05, 0.1) is 22.6 Å². The van der Waals surface area contributed by atoms with Gasteiger partial charge in [0.2, 0.25) is 0 Å². The minimum Gasteiger partial charge on any atom is -0.232 e. The van der Waals surface area contributed by atoms with E-state index in [1.54, 1.807) is 0 Å². The van der Waals surface area contributed by atoms with Gasteiger partial charge in [0, 0.05) is 33.0 Å². The highest BCUT2D eigenvalue weighted by Crippen LogP contribution is 2.44. The summed E-state index contributed by atoms with van der Waals surface area (Å²) in [6.45, 7) is 0. The Morgan fingerprint density at radius 1 is 0.388 bits per heavy atom. The van der Waals surface area contributed by atoms with Crippen LogP contribution in [0.5, 0.6) is 0 Å². The standard InChI is InChI=1S/C45H30N4/c1-6-17-31(18-7-1)38-29-35-25-16-28-37(45-46-39(32-19-8-2-9-20-32)30-40(47-45)33-21-10-3-11-22-33)41(35)44-42(38)43(34-23-12-4-13-24-34)48-49(44)36-26-14-5-15-27-36/h1-30H. The third-order valence-corrected chi connectivity index (χ3v) is 9.03. The first kappa shape index (κ1) is 28.6. The molecule has 0 aliphatic rings. The molecule has 9 aromatic rings. The molecule has 0 unspecified atom stereocenters. The maximum atomic E-state index is 5.41. The van der Waals surface area contributed by atoms with Crippen molar-refractivity contribution < 1.29 is 0 Å². The third-order valence-electron chi connectivity index (χ3n) is 9.03. The SMILES string of the molecule is c1ccc(-c2cc(-c3ccccc3)nc(-c3cccc4cc(-c5ccccc5)c5c(-c6ccccc6)nn(-c6ccccc6)c5c34)n2)cc1. The van der Waals surface area contributed by atoms with E-state index in [-0.39, 0.29) is 0 Å². The zero-order chi connectivity index (χ0) is 32.6. The Labute approximate surface area is 284 Å². The summed E-state index contributed by atoms with van der Waals surface area (Å²) in [5.41, 5.74) is 11.1. The third kappa shape index (κ3) is 5.16. The summed E-state index contributed by atoms with van der Waals surface area (Å²) >= 11 is 0. The van der Waals surface area contributed by atoms with Crippen molar-refractivity contribution >= 4 is 21.7 Å². The number of benzene rings is 7. The van der Waals surface area contributed by atoms with Crippen molar-refractivity contribution in [2.24, 2.45) is 0 Å². The van der Waals surface area contributed by atoms with Crippen LogP contribution in [0.3, 0.4) is 0 Å². The number of hydrogen-bond acceptors (Lipinski definition) is 3. The highest BCUT2D eigenvalue weighted by atomic mass is 15.3. The van der Waals surface area contributed by atoms with E-state index >= 15 is 0 Å². The number of aromatic nitrogens is 4.